The highest BCUT2D eigenvalue weighted by molar-refractivity contribution is 5.97. The van der Waals surface area contributed by atoms with E-state index >= 15 is 0 Å². The van der Waals surface area contributed by atoms with Crippen LogP contribution < -0.4 is 9.47 Å². The summed E-state index contributed by atoms with van der Waals surface area (Å²) in [7, 11) is 0. The van der Waals surface area contributed by atoms with Crippen molar-refractivity contribution in [3.63, 3.8) is 0 Å². The van der Waals surface area contributed by atoms with Crippen LogP contribution in [0, 0.1) is 0 Å². The third-order valence-electron chi connectivity index (χ3n) is 6.15. The molecule has 2 amide bonds. The van der Waals surface area contributed by atoms with Crippen LogP contribution in [0.5, 0.6) is 11.5 Å². The predicted molar refractivity (Wildman–Crippen MR) is 132 cm³/mol. The number of esters is 1. The van der Waals surface area contributed by atoms with E-state index in [1.165, 1.54) is 0 Å². The van der Waals surface area contributed by atoms with Crippen LogP contribution >= 0.6 is 0 Å². The fourth-order valence-corrected chi connectivity index (χ4v) is 4.33. The number of nitrogens with zero attached hydrogens (tertiary/aromatic N) is 4. The van der Waals surface area contributed by atoms with Gasteiger partial charge in [0.1, 0.15) is 32.0 Å². The van der Waals surface area contributed by atoms with Crippen LogP contribution in [-0.2, 0) is 14.3 Å². The molecular formula is C27H22N4O7. The number of amides is 2. The second kappa shape index (κ2) is 10.9. The van der Waals surface area contributed by atoms with Gasteiger partial charge >= 0.3 is 12.1 Å². The van der Waals surface area contributed by atoms with Crippen molar-refractivity contribution in [3.8, 4) is 11.5 Å². The van der Waals surface area contributed by atoms with Crippen LogP contribution in [0.3, 0.4) is 0 Å². The lowest BCUT2D eigenvalue weighted by Gasteiger charge is -2.29. The van der Waals surface area contributed by atoms with E-state index in [0.717, 1.165) is 4.90 Å². The van der Waals surface area contributed by atoms with Crippen molar-refractivity contribution in [3.05, 3.63) is 106 Å². The minimum absolute atomic E-state index is 0.0733. The van der Waals surface area contributed by atoms with E-state index in [2.05, 4.69) is 10.0 Å². The zero-order valence-electron chi connectivity index (χ0n) is 20.0. The Kier molecular flexibility index (Phi) is 7.10. The molecule has 2 heterocycles. The maximum Gasteiger partial charge on any atom is 0.417 e. The molecule has 0 radical (unpaired) electrons. The second-order valence-corrected chi connectivity index (χ2v) is 8.46. The van der Waals surface area contributed by atoms with E-state index in [4.69, 9.17) is 18.9 Å². The normalized spacial score (nSPS) is 17.5. The molecule has 0 spiro atoms. The standard InChI is InChI=1S/C27H22N4O7/c28-30-29-23(25(32)31-20(16-37-27(31)34)17-7-3-1-4-8-17)24(38-26(33)18-9-5-2-6-10-18)19-11-12-21-22(15-19)36-14-13-35-21/h1-12,15,20,23-24H,13-14,16H2/t20-,23?,24?/m1/s1. The molecule has 0 saturated carbocycles. The number of cyclic esters (lactones) is 1. The highest BCUT2D eigenvalue weighted by Crippen LogP contribution is 2.37. The van der Waals surface area contributed by atoms with Crippen LogP contribution in [0.15, 0.2) is 84.0 Å². The molecule has 0 bridgehead atoms. The molecule has 0 N–H and O–H groups in total. The number of imide groups is 1. The van der Waals surface area contributed by atoms with Gasteiger partial charge in [-0.25, -0.2) is 14.5 Å². The van der Waals surface area contributed by atoms with Crippen LogP contribution in [-0.4, -0.2) is 48.7 Å². The first-order chi connectivity index (χ1) is 18.6. The summed E-state index contributed by atoms with van der Waals surface area (Å²) in [6, 6.07) is 19.4. The van der Waals surface area contributed by atoms with Crippen molar-refractivity contribution >= 4 is 18.0 Å². The van der Waals surface area contributed by atoms with Crippen molar-refractivity contribution < 1.29 is 33.3 Å². The average molecular weight is 514 g/mol. The molecule has 2 aliphatic heterocycles. The molecule has 11 heteroatoms. The summed E-state index contributed by atoms with van der Waals surface area (Å²) in [4.78, 5) is 43.4. The number of hydrogen-bond acceptors (Lipinski definition) is 8. The number of azide groups is 1. The number of fused-ring (bicyclic) bond motifs is 1. The van der Waals surface area contributed by atoms with Gasteiger partial charge in [-0.3, -0.25) is 4.79 Å². The predicted octanol–water partition coefficient (Wildman–Crippen LogP) is 4.75. The summed E-state index contributed by atoms with van der Waals surface area (Å²) in [6.45, 7) is 0.606. The van der Waals surface area contributed by atoms with E-state index in [1.54, 1.807) is 78.9 Å². The maximum atomic E-state index is 13.9. The SMILES string of the molecule is [N-]=[N+]=NC(C(=O)N1C(=O)OC[C@@H]1c1ccccc1)C(OC(=O)c1ccccc1)c1ccc2c(c1)OCCO2. The molecule has 3 aromatic carbocycles. The van der Waals surface area contributed by atoms with Crippen molar-refractivity contribution in [2.75, 3.05) is 19.8 Å². The Morgan fingerprint density at radius 1 is 0.947 bits per heavy atom. The minimum Gasteiger partial charge on any atom is -0.486 e. The van der Waals surface area contributed by atoms with Gasteiger partial charge in [0.25, 0.3) is 0 Å². The maximum absolute atomic E-state index is 13.9. The van der Waals surface area contributed by atoms with Gasteiger partial charge in [0, 0.05) is 4.91 Å². The minimum atomic E-state index is -1.63. The lowest BCUT2D eigenvalue weighted by Crippen LogP contribution is -2.43. The quantitative estimate of drug-likeness (QED) is 0.192. The largest absolute Gasteiger partial charge is 0.486 e. The molecule has 2 unspecified atom stereocenters. The summed E-state index contributed by atoms with van der Waals surface area (Å²) < 4.78 is 22.2. The monoisotopic (exact) mass is 514 g/mol. The fourth-order valence-electron chi connectivity index (χ4n) is 4.33. The lowest BCUT2D eigenvalue weighted by molar-refractivity contribution is -0.133. The molecule has 2 aliphatic rings. The first-order valence-electron chi connectivity index (χ1n) is 11.8. The molecule has 1 saturated heterocycles. The van der Waals surface area contributed by atoms with E-state index in [-0.39, 0.29) is 12.2 Å². The molecule has 38 heavy (non-hydrogen) atoms. The number of carbonyl (C=O) groups excluding carboxylic acids is 3. The lowest BCUT2D eigenvalue weighted by atomic mass is 9.99. The molecule has 11 nitrogen and oxygen atoms in total. The Morgan fingerprint density at radius 2 is 1.63 bits per heavy atom. The Morgan fingerprint density at radius 3 is 2.34 bits per heavy atom. The zero-order valence-corrected chi connectivity index (χ0v) is 20.0. The van der Waals surface area contributed by atoms with E-state index < -0.39 is 36.2 Å². The number of rotatable bonds is 7. The van der Waals surface area contributed by atoms with Crippen LogP contribution in [0.2, 0.25) is 0 Å². The summed E-state index contributed by atoms with van der Waals surface area (Å²) in [5.74, 6) is -0.767. The Labute approximate surface area is 217 Å². The average Bonchev–Trinajstić information content (AvgIpc) is 3.36. The molecule has 5 rings (SSSR count). The third kappa shape index (κ3) is 4.95. The fraction of sp³-hybridized carbons (Fsp3) is 0.222. The zero-order chi connectivity index (χ0) is 26.5. The summed E-state index contributed by atoms with van der Waals surface area (Å²) >= 11 is 0. The number of ether oxygens (including phenoxy) is 4. The number of carbonyl (C=O) groups is 3. The van der Waals surface area contributed by atoms with E-state index in [9.17, 15) is 19.9 Å². The smallest absolute Gasteiger partial charge is 0.417 e. The molecule has 0 aliphatic carbocycles. The third-order valence-corrected chi connectivity index (χ3v) is 6.15. The summed E-state index contributed by atoms with van der Waals surface area (Å²) in [6.07, 6.45) is -2.29. The molecule has 3 aromatic rings. The molecule has 1 fully saturated rings. The van der Waals surface area contributed by atoms with Gasteiger partial charge in [0.15, 0.2) is 17.5 Å². The van der Waals surface area contributed by atoms with E-state index in [0.29, 0.717) is 35.8 Å². The first kappa shape index (κ1) is 24.7. The summed E-state index contributed by atoms with van der Waals surface area (Å²) in [5, 5.41) is 3.70. The highest BCUT2D eigenvalue weighted by Gasteiger charge is 2.45. The number of benzene rings is 3. The van der Waals surface area contributed by atoms with Gasteiger partial charge in [0.2, 0.25) is 5.91 Å². The van der Waals surface area contributed by atoms with Gasteiger partial charge < -0.3 is 18.9 Å². The highest BCUT2D eigenvalue weighted by atomic mass is 16.6. The molecule has 0 aromatic heterocycles. The molecule has 192 valence electrons. The van der Waals surface area contributed by atoms with Crippen molar-refractivity contribution in [2.45, 2.75) is 18.2 Å². The van der Waals surface area contributed by atoms with E-state index in [1.807, 2.05) is 0 Å². The van der Waals surface area contributed by atoms with Crippen molar-refractivity contribution in [1.82, 2.24) is 4.90 Å². The second-order valence-electron chi connectivity index (χ2n) is 8.46. The Hall–Kier alpha value is -5.02. The van der Waals surface area contributed by atoms with Gasteiger partial charge in [-0.1, -0.05) is 59.7 Å². The van der Waals surface area contributed by atoms with Gasteiger partial charge in [-0.15, -0.1) is 0 Å². The van der Waals surface area contributed by atoms with Crippen LogP contribution in [0.25, 0.3) is 10.4 Å². The first-order valence-corrected chi connectivity index (χ1v) is 11.8. The number of hydrogen-bond donors (Lipinski definition) is 0. The van der Waals surface area contributed by atoms with Crippen LogP contribution in [0.1, 0.15) is 33.6 Å². The van der Waals surface area contributed by atoms with Crippen LogP contribution in [0.4, 0.5) is 4.79 Å². The molecular weight excluding hydrogens is 492 g/mol. The van der Waals surface area contributed by atoms with Crippen molar-refractivity contribution in [1.29, 1.82) is 0 Å². The summed E-state index contributed by atoms with van der Waals surface area (Å²) in [5.41, 5.74) is 10.6. The topological polar surface area (TPSA) is 140 Å². The molecule has 3 atom stereocenters. The van der Waals surface area contributed by atoms with Gasteiger partial charge in [-0.2, -0.15) is 0 Å². The van der Waals surface area contributed by atoms with Crippen molar-refractivity contribution in [2.24, 2.45) is 5.11 Å². The van der Waals surface area contributed by atoms with Gasteiger partial charge in [0.05, 0.1) is 5.56 Å². The Bertz CT molecular complexity index is 1390. The Balaban J connectivity index is 1.54. The van der Waals surface area contributed by atoms with Gasteiger partial charge in [-0.05, 0) is 40.9 Å².